The molecule has 0 saturated carbocycles. The van der Waals surface area contributed by atoms with Gasteiger partial charge in [-0.2, -0.15) is 0 Å². The molecule has 1 rings (SSSR count). The lowest BCUT2D eigenvalue weighted by molar-refractivity contribution is -0.276. The maximum atomic E-state index is 12.8. The van der Waals surface area contributed by atoms with Crippen molar-refractivity contribution in [1.29, 1.82) is 0 Å². The van der Waals surface area contributed by atoms with E-state index in [-0.39, 0.29) is 27.9 Å². The highest BCUT2D eigenvalue weighted by Gasteiger charge is 2.33. The van der Waals surface area contributed by atoms with E-state index in [0.29, 0.717) is 0 Å². The van der Waals surface area contributed by atoms with Crippen LogP contribution in [0, 0.1) is 3.70 Å². The molecule has 0 N–H and O–H groups in total. The van der Waals surface area contributed by atoms with E-state index < -0.39 is 24.9 Å². The fourth-order valence-electron chi connectivity index (χ4n) is 1.35. The van der Waals surface area contributed by atoms with E-state index in [4.69, 9.17) is 4.74 Å². The molecule has 0 spiro atoms. The Labute approximate surface area is 125 Å². The first-order chi connectivity index (χ1) is 9.26. The van der Waals surface area contributed by atoms with Crippen molar-refractivity contribution in [2.24, 2.45) is 0 Å². The molecule has 9 heteroatoms. The molecule has 1 aromatic heterocycles. The molecule has 0 aliphatic heterocycles. The number of rotatable bonds is 5. The first-order valence-electron chi connectivity index (χ1n) is 5.42. The summed E-state index contributed by atoms with van der Waals surface area (Å²) in [6.07, 6.45) is -5.15. The van der Waals surface area contributed by atoms with Crippen LogP contribution in [0.3, 0.4) is 0 Å². The Morgan fingerprint density at radius 1 is 1.40 bits per heavy atom. The first-order valence-corrected chi connectivity index (χ1v) is 6.50. The molecule has 1 aromatic rings. The average Bonchev–Trinajstić information content (AvgIpc) is 2.31. The standard InChI is InChI=1S/C11H10F4INO3/c1-2-19-8(18)4-6-3-7(5-12)10(17-9(6)16)20-11(13,14)15/h3H,2,4-5H2,1H3. The zero-order valence-electron chi connectivity index (χ0n) is 10.3. The topological polar surface area (TPSA) is 48.4 Å². The fourth-order valence-corrected chi connectivity index (χ4v) is 1.92. The summed E-state index contributed by atoms with van der Waals surface area (Å²) < 4.78 is 57.6. The molecule has 0 unspecified atom stereocenters. The predicted octanol–water partition coefficient (Wildman–Crippen LogP) is 3.16. The highest BCUT2D eigenvalue weighted by Crippen LogP contribution is 2.28. The summed E-state index contributed by atoms with van der Waals surface area (Å²) in [5.74, 6) is -1.42. The SMILES string of the molecule is CCOC(=O)Cc1cc(CF)c(OC(F)(F)F)nc1I. The second kappa shape index (κ2) is 7.04. The molecule has 112 valence electrons. The zero-order chi connectivity index (χ0) is 15.3. The Kier molecular flexibility index (Phi) is 5.96. The molecule has 0 bridgehead atoms. The van der Waals surface area contributed by atoms with Crippen LogP contribution in [0.4, 0.5) is 17.6 Å². The number of hydrogen-bond acceptors (Lipinski definition) is 4. The molecule has 0 radical (unpaired) electrons. The third-order valence-corrected chi connectivity index (χ3v) is 3.02. The Balaban J connectivity index is 3.03. The van der Waals surface area contributed by atoms with Gasteiger partial charge in [0.2, 0.25) is 5.88 Å². The number of hydrogen-bond donors (Lipinski definition) is 0. The monoisotopic (exact) mass is 407 g/mol. The van der Waals surface area contributed by atoms with Gasteiger partial charge < -0.3 is 9.47 Å². The number of ether oxygens (including phenoxy) is 2. The number of alkyl halides is 4. The van der Waals surface area contributed by atoms with Crippen LogP contribution < -0.4 is 4.74 Å². The van der Waals surface area contributed by atoms with Crippen LogP contribution in [0.25, 0.3) is 0 Å². The summed E-state index contributed by atoms with van der Waals surface area (Å²) in [7, 11) is 0. The van der Waals surface area contributed by atoms with Crippen LogP contribution in [0.5, 0.6) is 5.88 Å². The van der Waals surface area contributed by atoms with Crippen molar-refractivity contribution in [3.8, 4) is 5.88 Å². The van der Waals surface area contributed by atoms with Gasteiger partial charge in [0.15, 0.2) is 0 Å². The third kappa shape index (κ3) is 5.10. The van der Waals surface area contributed by atoms with Crippen LogP contribution >= 0.6 is 22.6 Å². The maximum Gasteiger partial charge on any atom is 0.574 e. The summed E-state index contributed by atoms with van der Waals surface area (Å²) in [6, 6.07) is 1.12. The normalized spacial score (nSPS) is 11.3. The van der Waals surface area contributed by atoms with Gasteiger partial charge in [0, 0.05) is 5.56 Å². The van der Waals surface area contributed by atoms with Crippen LogP contribution in [0.2, 0.25) is 0 Å². The van der Waals surface area contributed by atoms with Crippen LogP contribution in [0.15, 0.2) is 6.07 Å². The molecule has 0 aliphatic rings. The molecule has 0 amide bonds. The number of pyridine rings is 1. The maximum absolute atomic E-state index is 12.8. The van der Waals surface area contributed by atoms with E-state index in [1.54, 1.807) is 29.5 Å². The lowest BCUT2D eigenvalue weighted by Crippen LogP contribution is -2.20. The van der Waals surface area contributed by atoms with Crippen molar-refractivity contribution in [2.75, 3.05) is 6.61 Å². The Morgan fingerprint density at radius 3 is 2.55 bits per heavy atom. The molecular formula is C11H10F4INO3. The highest BCUT2D eigenvalue weighted by molar-refractivity contribution is 14.1. The minimum atomic E-state index is -4.96. The van der Waals surface area contributed by atoms with Gasteiger partial charge in [0.05, 0.1) is 13.0 Å². The van der Waals surface area contributed by atoms with Crippen LogP contribution in [0.1, 0.15) is 18.1 Å². The molecule has 0 aromatic carbocycles. The largest absolute Gasteiger partial charge is 0.574 e. The van der Waals surface area contributed by atoms with Crippen molar-refractivity contribution in [3.63, 3.8) is 0 Å². The van der Waals surface area contributed by atoms with Gasteiger partial charge in [-0.1, -0.05) is 0 Å². The minimum absolute atomic E-state index is 0.118. The summed E-state index contributed by atoms with van der Waals surface area (Å²) in [6.45, 7) is 0.605. The van der Waals surface area contributed by atoms with Gasteiger partial charge >= 0.3 is 12.3 Å². The summed E-state index contributed by atoms with van der Waals surface area (Å²) in [5.41, 5.74) is -0.0896. The number of esters is 1. The third-order valence-electron chi connectivity index (χ3n) is 2.08. The van der Waals surface area contributed by atoms with Crippen molar-refractivity contribution in [3.05, 3.63) is 20.9 Å². The molecule has 1 heterocycles. The van der Waals surface area contributed by atoms with Crippen molar-refractivity contribution in [2.45, 2.75) is 26.4 Å². The number of nitrogens with zero attached hydrogens (tertiary/aromatic N) is 1. The van der Waals surface area contributed by atoms with Crippen molar-refractivity contribution >= 4 is 28.6 Å². The lowest BCUT2D eigenvalue weighted by atomic mass is 10.1. The van der Waals surface area contributed by atoms with Gasteiger partial charge in [0.1, 0.15) is 10.4 Å². The summed E-state index contributed by atoms with van der Waals surface area (Å²) in [4.78, 5) is 14.9. The van der Waals surface area contributed by atoms with E-state index in [1.165, 1.54) is 0 Å². The Morgan fingerprint density at radius 2 is 2.05 bits per heavy atom. The first kappa shape index (κ1) is 16.9. The average molecular weight is 407 g/mol. The van der Waals surface area contributed by atoms with E-state index in [0.717, 1.165) is 6.07 Å². The molecular weight excluding hydrogens is 397 g/mol. The Bertz CT molecular complexity index is 493. The van der Waals surface area contributed by atoms with Crippen LogP contribution in [-0.2, 0) is 22.6 Å². The smallest absolute Gasteiger partial charge is 0.466 e. The number of carbonyl (C=O) groups excluding carboxylic acids is 1. The van der Waals surface area contributed by atoms with E-state index in [1.807, 2.05) is 0 Å². The Hall–Kier alpha value is -1.13. The molecule has 0 saturated heterocycles. The minimum Gasteiger partial charge on any atom is -0.466 e. The predicted molar refractivity (Wildman–Crippen MR) is 68.8 cm³/mol. The molecule has 20 heavy (non-hydrogen) atoms. The lowest BCUT2D eigenvalue weighted by Gasteiger charge is -2.13. The highest BCUT2D eigenvalue weighted by atomic mass is 127. The van der Waals surface area contributed by atoms with E-state index >= 15 is 0 Å². The van der Waals surface area contributed by atoms with Gasteiger partial charge in [-0.05, 0) is 41.1 Å². The van der Waals surface area contributed by atoms with Crippen molar-refractivity contribution < 1.29 is 31.8 Å². The van der Waals surface area contributed by atoms with Crippen LogP contribution in [-0.4, -0.2) is 23.9 Å². The van der Waals surface area contributed by atoms with Gasteiger partial charge in [-0.15, -0.1) is 13.2 Å². The number of halogens is 5. The van der Waals surface area contributed by atoms with E-state index in [9.17, 15) is 22.4 Å². The molecule has 0 fully saturated rings. The molecule has 0 atom stereocenters. The van der Waals surface area contributed by atoms with Gasteiger partial charge in [-0.25, -0.2) is 9.37 Å². The summed E-state index contributed by atoms with van der Waals surface area (Å²) >= 11 is 1.64. The van der Waals surface area contributed by atoms with Gasteiger partial charge in [-0.3, -0.25) is 4.79 Å². The number of carbonyl (C=O) groups is 1. The zero-order valence-corrected chi connectivity index (χ0v) is 12.4. The summed E-state index contributed by atoms with van der Waals surface area (Å²) in [5, 5.41) is 0. The van der Waals surface area contributed by atoms with Crippen molar-refractivity contribution in [1.82, 2.24) is 4.98 Å². The number of aromatic nitrogens is 1. The quantitative estimate of drug-likeness (QED) is 0.326. The van der Waals surface area contributed by atoms with Gasteiger partial charge in [0.25, 0.3) is 0 Å². The van der Waals surface area contributed by atoms with E-state index in [2.05, 4.69) is 9.72 Å². The second-order valence-corrected chi connectivity index (χ2v) is 4.59. The molecule has 0 aliphatic carbocycles. The fraction of sp³-hybridized carbons (Fsp3) is 0.455. The second-order valence-electron chi connectivity index (χ2n) is 3.57. The molecule has 4 nitrogen and oxygen atoms in total.